The van der Waals surface area contributed by atoms with Gasteiger partial charge in [0.1, 0.15) is 11.4 Å². The fraction of sp³-hybridized carbons (Fsp3) is 0.667. The Hall–Kier alpha value is -1.20. The van der Waals surface area contributed by atoms with E-state index >= 15 is 0 Å². The number of hydrogen-bond donors (Lipinski definition) is 1. The molecule has 17 heavy (non-hydrogen) atoms. The predicted molar refractivity (Wildman–Crippen MR) is 60.8 cm³/mol. The Labute approximate surface area is 99.2 Å². The lowest BCUT2D eigenvalue weighted by atomic mass is 10.0. The Balaban J connectivity index is 2.07. The zero-order chi connectivity index (χ0) is 11.9. The van der Waals surface area contributed by atoms with Gasteiger partial charge in [-0.1, -0.05) is 0 Å². The van der Waals surface area contributed by atoms with Gasteiger partial charge in [0.25, 0.3) is 5.56 Å². The van der Waals surface area contributed by atoms with Gasteiger partial charge in [-0.2, -0.15) is 0 Å². The van der Waals surface area contributed by atoms with Crippen molar-refractivity contribution in [3.63, 3.8) is 0 Å². The largest absolute Gasteiger partial charge is 0.376 e. The molecule has 1 saturated heterocycles. The molecule has 0 spiro atoms. The van der Waals surface area contributed by atoms with Crippen molar-refractivity contribution in [1.29, 1.82) is 0 Å². The first-order valence-electron chi connectivity index (χ1n) is 6.03. The molecule has 1 atom stereocenters. The summed E-state index contributed by atoms with van der Waals surface area (Å²) in [6, 6.07) is 0. The SMILES string of the molecule is CC1(c2nc3c(c(=O)[nH]2)COCC3)CCCO1. The highest BCUT2D eigenvalue weighted by Gasteiger charge is 2.35. The molecule has 92 valence electrons. The van der Waals surface area contributed by atoms with E-state index in [4.69, 9.17) is 9.47 Å². The van der Waals surface area contributed by atoms with Crippen LogP contribution in [0.2, 0.25) is 0 Å². The first kappa shape index (κ1) is 10.9. The summed E-state index contributed by atoms with van der Waals surface area (Å²) in [6.07, 6.45) is 2.63. The summed E-state index contributed by atoms with van der Waals surface area (Å²) in [6.45, 7) is 3.74. The summed E-state index contributed by atoms with van der Waals surface area (Å²) >= 11 is 0. The normalized spacial score (nSPS) is 28.1. The van der Waals surface area contributed by atoms with Gasteiger partial charge in [0.05, 0.1) is 24.5 Å². The summed E-state index contributed by atoms with van der Waals surface area (Å²) in [7, 11) is 0. The molecule has 1 unspecified atom stereocenters. The number of fused-ring (bicyclic) bond motifs is 1. The second kappa shape index (κ2) is 3.92. The van der Waals surface area contributed by atoms with Crippen molar-refractivity contribution in [3.8, 4) is 0 Å². The van der Waals surface area contributed by atoms with Crippen molar-refractivity contribution < 1.29 is 9.47 Å². The van der Waals surface area contributed by atoms with Gasteiger partial charge in [0.15, 0.2) is 0 Å². The molecule has 1 aromatic heterocycles. The lowest BCUT2D eigenvalue weighted by Gasteiger charge is -2.24. The van der Waals surface area contributed by atoms with Gasteiger partial charge in [-0.15, -0.1) is 0 Å². The third kappa shape index (κ3) is 1.79. The Morgan fingerprint density at radius 1 is 1.41 bits per heavy atom. The van der Waals surface area contributed by atoms with Crippen molar-refractivity contribution >= 4 is 0 Å². The van der Waals surface area contributed by atoms with Crippen molar-refractivity contribution in [2.45, 2.75) is 38.4 Å². The highest BCUT2D eigenvalue weighted by molar-refractivity contribution is 5.21. The van der Waals surface area contributed by atoms with Crippen molar-refractivity contribution in [2.24, 2.45) is 0 Å². The zero-order valence-corrected chi connectivity index (χ0v) is 9.91. The van der Waals surface area contributed by atoms with Gasteiger partial charge < -0.3 is 14.5 Å². The first-order valence-corrected chi connectivity index (χ1v) is 6.03. The molecular weight excluding hydrogens is 220 g/mol. The van der Waals surface area contributed by atoms with E-state index in [0.29, 0.717) is 31.0 Å². The average molecular weight is 236 g/mol. The van der Waals surface area contributed by atoms with E-state index in [1.165, 1.54) is 0 Å². The predicted octanol–water partition coefficient (Wildman–Crippen LogP) is 0.868. The molecule has 3 rings (SSSR count). The number of hydrogen-bond acceptors (Lipinski definition) is 4. The van der Waals surface area contributed by atoms with E-state index in [9.17, 15) is 4.79 Å². The highest BCUT2D eigenvalue weighted by Crippen LogP contribution is 2.33. The monoisotopic (exact) mass is 236 g/mol. The van der Waals surface area contributed by atoms with Crippen LogP contribution in [0.3, 0.4) is 0 Å². The van der Waals surface area contributed by atoms with E-state index in [0.717, 1.165) is 25.1 Å². The third-order valence-corrected chi connectivity index (χ3v) is 3.55. The quantitative estimate of drug-likeness (QED) is 0.785. The highest BCUT2D eigenvalue weighted by atomic mass is 16.5. The molecule has 1 fully saturated rings. The molecule has 0 saturated carbocycles. The number of ether oxygens (including phenoxy) is 2. The van der Waals surface area contributed by atoms with Gasteiger partial charge in [0.2, 0.25) is 0 Å². The average Bonchev–Trinajstić information content (AvgIpc) is 2.78. The molecule has 5 nitrogen and oxygen atoms in total. The number of rotatable bonds is 1. The summed E-state index contributed by atoms with van der Waals surface area (Å²) in [4.78, 5) is 19.4. The molecule has 0 bridgehead atoms. The number of nitrogens with zero attached hydrogens (tertiary/aromatic N) is 1. The molecule has 2 aliphatic rings. The summed E-state index contributed by atoms with van der Waals surface area (Å²) < 4.78 is 11.0. The number of H-pyrrole nitrogens is 1. The minimum absolute atomic E-state index is 0.0820. The molecule has 0 aliphatic carbocycles. The van der Waals surface area contributed by atoms with Crippen LogP contribution < -0.4 is 5.56 Å². The van der Waals surface area contributed by atoms with Crippen LogP contribution in [0.5, 0.6) is 0 Å². The molecule has 1 aromatic rings. The lowest BCUT2D eigenvalue weighted by molar-refractivity contribution is 0.00836. The van der Waals surface area contributed by atoms with Gasteiger partial charge in [-0.3, -0.25) is 4.79 Å². The number of aromatic nitrogens is 2. The Kier molecular flexibility index (Phi) is 2.52. The zero-order valence-electron chi connectivity index (χ0n) is 9.91. The van der Waals surface area contributed by atoms with Crippen LogP contribution >= 0.6 is 0 Å². The van der Waals surface area contributed by atoms with Crippen LogP contribution in [0, 0.1) is 0 Å². The molecule has 0 radical (unpaired) electrons. The van der Waals surface area contributed by atoms with Crippen LogP contribution in [0.4, 0.5) is 0 Å². The van der Waals surface area contributed by atoms with Crippen LogP contribution in [0.1, 0.15) is 36.8 Å². The maximum atomic E-state index is 12.0. The Morgan fingerprint density at radius 2 is 2.29 bits per heavy atom. The molecule has 5 heteroatoms. The van der Waals surface area contributed by atoms with Crippen LogP contribution in [0.25, 0.3) is 0 Å². The second-order valence-electron chi connectivity index (χ2n) is 4.83. The lowest BCUT2D eigenvalue weighted by Crippen LogP contribution is -2.32. The second-order valence-corrected chi connectivity index (χ2v) is 4.83. The van der Waals surface area contributed by atoms with Crippen molar-refractivity contribution in [2.75, 3.05) is 13.2 Å². The fourth-order valence-corrected chi connectivity index (χ4v) is 2.46. The van der Waals surface area contributed by atoms with Crippen LogP contribution in [-0.4, -0.2) is 23.2 Å². The van der Waals surface area contributed by atoms with Gasteiger partial charge >= 0.3 is 0 Å². The third-order valence-electron chi connectivity index (χ3n) is 3.55. The molecule has 2 aliphatic heterocycles. The molecule has 0 amide bonds. The van der Waals surface area contributed by atoms with Gasteiger partial charge in [-0.05, 0) is 19.8 Å². The summed E-state index contributed by atoms with van der Waals surface area (Å²) in [5.74, 6) is 0.667. The number of aromatic amines is 1. The minimum atomic E-state index is -0.424. The molecule has 0 aromatic carbocycles. The van der Waals surface area contributed by atoms with E-state index in [1.807, 2.05) is 6.92 Å². The van der Waals surface area contributed by atoms with Crippen molar-refractivity contribution in [1.82, 2.24) is 9.97 Å². The van der Waals surface area contributed by atoms with E-state index in [2.05, 4.69) is 9.97 Å². The Bertz CT molecular complexity index is 489. The summed E-state index contributed by atoms with van der Waals surface area (Å²) in [5.41, 5.74) is 1.03. The van der Waals surface area contributed by atoms with Crippen molar-refractivity contribution in [3.05, 3.63) is 27.4 Å². The molecule has 1 N–H and O–H groups in total. The van der Waals surface area contributed by atoms with Gasteiger partial charge in [-0.25, -0.2) is 4.98 Å². The minimum Gasteiger partial charge on any atom is -0.376 e. The van der Waals surface area contributed by atoms with E-state index in [1.54, 1.807) is 0 Å². The van der Waals surface area contributed by atoms with Crippen LogP contribution in [0.15, 0.2) is 4.79 Å². The topological polar surface area (TPSA) is 64.2 Å². The van der Waals surface area contributed by atoms with Crippen LogP contribution in [-0.2, 0) is 28.1 Å². The number of nitrogens with one attached hydrogen (secondary N) is 1. The maximum Gasteiger partial charge on any atom is 0.256 e. The molecule has 3 heterocycles. The first-order chi connectivity index (χ1) is 8.19. The standard InChI is InChI=1S/C12H16N2O3/c1-12(4-2-5-17-12)11-13-9-3-6-16-7-8(9)10(15)14-11/h2-7H2,1H3,(H,13,14,15). The maximum absolute atomic E-state index is 12.0. The molecular formula is C12H16N2O3. The van der Waals surface area contributed by atoms with Gasteiger partial charge in [0, 0.05) is 13.0 Å². The fourth-order valence-electron chi connectivity index (χ4n) is 2.46. The smallest absolute Gasteiger partial charge is 0.256 e. The van der Waals surface area contributed by atoms with E-state index in [-0.39, 0.29) is 5.56 Å². The Morgan fingerprint density at radius 3 is 3.06 bits per heavy atom. The van der Waals surface area contributed by atoms with E-state index < -0.39 is 5.60 Å². The summed E-state index contributed by atoms with van der Waals surface area (Å²) in [5, 5.41) is 0.